The van der Waals surface area contributed by atoms with Crippen LogP contribution in [0, 0.1) is 17.7 Å². The Kier molecular flexibility index (Phi) is 6.79. The number of nitrogens with one attached hydrogen (secondary N) is 1. The Morgan fingerprint density at radius 1 is 1.40 bits per heavy atom. The van der Waals surface area contributed by atoms with Crippen molar-refractivity contribution in [3.05, 3.63) is 29.0 Å². The highest BCUT2D eigenvalue weighted by molar-refractivity contribution is 6.31. The Morgan fingerprint density at radius 3 is 2.60 bits per heavy atom. The molecule has 25 heavy (non-hydrogen) atoms. The Hall–Kier alpha value is -1.66. The molecule has 1 saturated heterocycles. The topological polar surface area (TPSA) is 75.4 Å². The fraction of sp³-hybridized carbons (Fsp3) is 0.556. The normalized spacial score (nSPS) is 17.9. The maximum Gasteiger partial charge on any atom is 0.239 e. The molecule has 0 radical (unpaired) electrons. The first-order valence-electron chi connectivity index (χ1n) is 8.63. The minimum atomic E-state index is -0.524. The molecule has 7 heteroatoms. The maximum absolute atomic E-state index is 13.2. The first-order chi connectivity index (χ1) is 11.8. The number of carbonyl (C=O) groups is 2. The van der Waals surface area contributed by atoms with Crippen LogP contribution in [0.3, 0.4) is 0 Å². The van der Waals surface area contributed by atoms with Gasteiger partial charge in [0, 0.05) is 24.7 Å². The van der Waals surface area contributed by atoms with Gasteiger partial charge >= 0.3 is 0 Å². The summed E-state index contributed by atoms with van der Waals surface area (Å²) in [6.45, 7) is 5.02. The van der Waals surface area contributed by atoms with Gasteiger partial charge in [-0.3, -0.25) is 9.59 Å². The molecule has 138 valence electrons. The molecule has 0 spiro atoms. The Labute approximate surface area is 152 Å². The van der Waals surface area contributed by atoms with Crippen molar-refractivity contribution in [3.8, 4) is 0 Å². The van der Waals surface area contributed by atoms with Gasteiger partial charge in [-0.15, -0.1) is 0 Å². The molecule has 0 bridgehead atoms. The van der Waals surface area contributed by atoms with Crippen molar-refractivity contribution in [1.29, 1.82) is 0 Å². The van der Waals surface area contributed by atoms with Crippen LogP contribution in [-0.2, 0) is 9.59 Å². The van der Waals surface area contributed by atoms with Crippen molar-refractivity contribution < 1.29 is 14.0 Å². The summed E-state index contributed by atoms with van der Waals surface area (Å²) in [5, 5.41) is 2.73. The van der Waals surface area contributed by atoms with Crippen molar-refractivity contribution in [1.82, 2.24) is 4.90 Å². The van der Waals surface area contributed by atoms with Crippen molar-refractivity contribution in [3.63, 3.8) is 0 Å². The molecule has 5 nitrogen and oxygen atoms in total. The Morgan fingerprint density at radius 2 is 2.04 bits per heavy atom. The average molecular weight is 370 g/mol. The maximum atomic E-state index is 13.2. The molecule has 2 unspecified atom stereocenters. The number of hydrogen-bond acceptors (Lipinski definition) is 3. The minimum Gasteiger partial charge on any atom is -0.341 e. The molecule has 0 saturated carbocycles. The van der Waals surface area contributed by atoms with Gasteiger partial charge in [-0.05, 0) is 37.0 Å². The van der Waals surface area contributed by atoms with Crippen LogP contribution < -0.4 is 11.1 Å². The van der Waals surface area contributed by atoms with Gasteiger partial charge in [0.15, 0.2) is 0 Å². The Balaban J connectivity index is 1.87. The zero-order valence-electron chi connectivity index (χ0n) is 14.6. The van der Waals surface area contributed by atoms with Gasteiger partial charge in [0.2, 0.25) is 11.8 Å². The van der Waals surface area contributed by atoms with E-state index in [9.17, 15) is 14.0 Å². The van der Waals surface area contributed by atoms with Crippen LogP contribution in [0.25, 0.3) is 0 Å². The lowest BCUT2D eigenvalue weighted by Crippen LogP contribution is -2.50. The molecular weight excluding hydrogens is 345 g/mol. The van der Waals surface area contributed by atoms with Crippen molar-refractivity contribution in [2.24, 2.45) is 17.6 Å². The lowest BCUT2D eigenvalue weighted by Gasteiger charge is -2.34. The van der Waals surface area contributed by atoms with Crippen LogP contribution in [0.5, 0.6) is 0 Å². The molecule has 1 aliphatic heterocycles. The summed E-state index contributed by atoms with van der Waals surface area (Å²) in [6.07, 6.45) is 2.02. The fourth-order valence-corrected chi connectivity index (χ4v) is 3.07. The van der Waals surface area contributed by atoms with Gasteiger partial charge in [-0.2, -0.15) is 0 Å². The van der Waals surface area contributed by atoms with Crippen LogP contribution >= 0.6 is 11.6 Å². The SMILES string of the molecule is CCC(C)C(N)C(=O)N1CCC(C(=O)Nc2ccc(F)c(Cl)c2)CC1. The van der Waals surface area contributed by atoms with Gasteiger partial charge in [-0.1, -0.05) is 31.9 Å². The molecule has 1 aliphatic rings. The largest absolute Gasteiger partial charge is 0.341 e. The number of amides is 2. The van der Waals surface area contributed by atoms with Crippen LogP contribution in [0.4, 0.5) is 10.1 Å². The summed E-state index contributed by atoms with van der Waals surface area (Å²) in [5.41, 5.74) is 6.48. The van der Waals surface area contributed by atoms with E-state index in [1.807, 2.05) is 13.8 Å². The van der Waals surface area contributed by atoms with E-state index >= 15 is 0 Å². The van der Waals surface area contributed by atoms with Crippen LogP contribution in [0.2, 0.25) is 5.02 Å². The summed E-state index contributed by atoms with van der Waals surface area (Å²) in [4.78, 5) is 26.5. The number of likely N-dealkylation sites (tertiary alicyclic amines) is 1. The molecule has 3 N–H and O–H groups in total. The third-order valence-electron chi connectivity index (χ3n) is 4.91. The second-order valence-corrected chi connectivity index (χ2v) is 7.04. The molecule has 2 atom stereocenters. The Bertz CT molecular complexity index is 633. The highest BCUT2D eigenvalue weighted by Gasteiger charge is 2.31. The van der Waals surface area contributed by atoms with Gasteiger partial charge < -0.3 is 16.0 Å². The van der Waals surface area contributed by atoms with Gasteiger partial charge in [0.25, 0.3) is 0 Å². The third-order valence-corrected chi connectivity index (χ3v) is 5.20. The van der Waals surface area contributed by atoms with Gasteiger partial charge in [-0.25, -0.2) is 4.39 Å². The number of rotatable bonds is 5. The number of piperidine rings is 1. The van der Waals surface area contributed by atoms with Crippen LogP contribution in [-0.4, -0.2) is 35.8 Å². The van der Waals surface area contributed by atoms with E-state index in [-0.39, 0.29) is 28.7 Å². The van der Waals surface area contributed by atoms with Gasteiger partial charge in [0.05, 0.1) is 11.1 Å². The van der Waals surface area contributed by atoms with E-state index < -0.39 is 11.9 Å². The molecule has 0 aliphatic carbocycles. The molecule has 1 aromatic carbocycles. The number of nitrogens with two attached hydrogens (primary N) is 1. The number of nitrogens with zero attached hydrogens (tertiary/aromatic N) is 1. The predicted octanol–water partition coefficient (Wildman–Crippen LogP) is 3.03. The first-order valence-corrected chi connectivity index (χ1v) is 9.01. The number of halogens is 2. The third kappa shape index (κ3) is 4.92. The summed E-state index contributed by atoms with van der Waals surface area (Å²) < 4.78 is 13.2. The molecule has 2 amide bonds. The summed E-state index contributed by atoms with van der Waals surface area (Å²) >= 11 is 5.72. The fourth-order valence-electron chi connectivity index (χ4n) is 2.89. The van der Waals surface area contributed by atoms with Crippen molar-refractivity contribution >= 4 is 29.1 Å². The van der Waals surface area contributed by atoms with E-state index in [0.717, 1.165) is 6.42 Å². The predicted molar refractivity (Wildman–Crippen MR) is 96.8 cm³/mol. The minimum absolute atomic E-state index is 0.0303. The standard InChI is InChI=1S/C18H25ClFN3O2/c1-3-11(2)16(21)18(25)23-8-6-12(7-9-23)17(24)22-13-4-5-15(20)14(19)10-13/h4-5,10-12,16H,3,6-9,21H2,1-2H3,(H,22,24). The zero-order valence-corrected chi connectivity index (χ0v) is 15.4. The first kappa shape index (κ1) is 19.7. The second kappa shape index (κ2) is 8.63. The monoisotopic (exact) mass is 369 g/mol. The second-order valence-electron chi connectivity index (χ2n) is 6.63. The number of anilines is 1. The molecule has 1 heterocycles. The smallest absolute Gasteiger partial charge is 0.239 e. The van der Waals surface area contributed by atoms with E-state index in [1.54, 1.807) is 4.90 Å². The van der Waals surface area contributed by atoms with E-state index in [2.05, 4.69) is 5.32 Å². The molecular formula is C18H25ClFN3O2. The van der Waals surface area contributed by atoms with E-state index in [1.165, 1.54) is 18.2 Å². The highest BCUT2D eigenvalue weighted by Crippen LogP contribution is 2.23. The van der Waals surface area contributed by atoms with E-state index in [4.69, 9.17) is 17.3 Å². The van der Waals surface area contributed by atoms with E-state index in [0.29, 0.717) is 31.6 Å². The quantitative estimate of drug-likeness (QED) is 0.837. The summed E-state index contributed by atoms with van der Waals surface area (Å²) in [5.74, 6) is -0.756. The number of hydrogen-bond donors (Lipinski definition) is 2. The van der Waals surface area contributed by atoms with Crippen molar-refractivity contribution in [2.45, 2.75) is 39.2 Å². The lowest BCUT2D eigenvalue weighted by molar-refractivity contribution is -0.136. The molecule has 1 fully saturated rings. The average Bonchev–Trinajstić information content (AvgIpc) is 2.63. The van der Waals surface area contributed by atoms with Crippen LogP contribution in [0.1, 0.15) is 33.1 Å². The number of benzene rings is 1. The lowest BCUT2D eigenvalue weighted by atomic mass is 9.93. The molecule has 1 aromatic rings. The molecule has 2 rings (SSSR count). The van der Waals surface area contributed by atoms with Crippen molar-refractivity contribution in [2.75, 3.05) is 18.4 Å². The molecule has 0 aromatic heterocycles. The highest BCUT2D eigenvalue weighted by atomic mass is 35.5. The number of carbonyl (C=O) groups excluding carboxylic acids is 2. The van der Waals surface area contributed by atoms with Crippen LogP contribution in [0.15, 0.2) is 18.2 Å². The summed E-state index contributed by atoms with van der Waals surface area (Å²) in [6, 6.07) is 3.59. The summed E-state index contributed by atoms with van der Waals surface area (Å²) in [7, 11) is 0. The zero-order chi connectivity index (χ0) is 18.6. The van der Waals surface area contributed by atoms with Gasteiger partial charge in [0.1, 0.15) is 5.82 Å².